The first-order valence-corrected chi connectivity index (χ1v) is 11.7. The number of hydrogen-bond acceptors (Lipinski definition) is 7. The van der Waals surface area contributed by atoms with E-state index in [2.05, 4.69) is 23.7 Å². The Morgan fingerprint density at radius 2 is 1.97 bits per heavy atom. The van der Waals surface area contributed by atoms with Gasteiger partial charge in [0.05, 0.1) is 6.10 Å². The third-order valence-corrected chi connectivity index (χ3v) is 9.52. The van der Waals surface area contributed by atoms with E-state index in [1.165, 1.54) is 12.3 Å². The summed E-state index contributed by atoms with van der Waals surface area (Å²) in [5.41, 5.74) is -3.03. The molecule has 0 aromatic carbocycles. The van der Waals surface area contributed by atoms with Gasteiger partial charge in [-0.15, -0.1) is 6.58 Å². The van der Waals surface area contributed by atoms with Crippen LogP contribution in [0.1, 0.15) is 63.7 Å². The first kappa shape index (κ1) is 23.8. The Hall–Kier alpha value is -2.32. The molecule has 8 nitrogen and oxygen atoms in total. The number of aromatic amines is 1. The number of carbonyl (C=O) groups is 2. The second kappa shape index (κ2) is 7.87. The van der Waals surface area contributed by atoms with Crippen molar-refractivity contribution in [1.29, 1.82) is 0 Å². The summed E-state index contributed by atoms with van der Waals surface area (Å²) < 4.78 is 6.04. The average molecular weight is 459 g/mol. The Morgan fingerprint density at radius 1 is 1.27 bits per heavy atom. The molecule has 33 heavy (non-hydrogen) atoms. The van der Waals surface area contributed by atoms with E-state index < -0.39 is 52.0 Å². The zero-order valence-corrected chi connectivity index (χ0v) is 19.7. The van der Waals surface area contributed by atoms with Crippen molar-refractivity contribution in [3.63, 3.8) is 0 Å². The molecule has 0 aliphatic heterocycles. The van der Waals surface area contributed by atoms with Gasteiger partial charge in [0.1, 0.15) is 17.8 Å². The lowest BCUT2D eigenvalue weighted by Gasteiger charge is -2.61. The largest absolute Gasteiger partial charge is 0.458 e. The number of carbonyl (C=O) groups excluding carboxylic acids is 2. The molecule has 8 heteroatoms. The van der Waals surface area contributed by atoms with Gasteiger partial charge in [0.15, 0.2) is 5.78 Å². The van der Waals surface area contributed by atoms with Gasteiger partial charge in [-0.05, 0) is 49.0 Å². The molecule has 3 aliphatic carbocycles. The number of aromatic nitrogens is 2. The van der Waals surface area contributed by atoms with E-state index in [9.17, 15) is 24.6 Å². The maximum absolute atomic E-state index is 13.4. The van der Waals surface area contributed by atoms with Crippen LogP contribution in [0.25, 0.3) is 0 Å². The summed E-state index contributed by atoms with van der Waals surface area (Å²) >= 11 is 0. The lowest BCUT2D eigenvalue weighted by Crippen LogP contribution is -2.63. The number of nitrogens with zero attached hydrogens (tertiary/aromatic N) is 1. The quantitative estimate of drug-likeness (QED) is 0.468. The number of ether oxygens (including phenoxy) is 1. The monoisotopic (exact) mass is 458 g/mol. The summed E-state index contributed by atoms with van der Waals surface area (Å²) in [5, 5.41) is 28.1. The molecule has 0 spiro atoms. The van der Waals surface area contributed by atoms with Crippen LogP contribution in [0, 0.1) is 34.0 Å². The summed E-state index contributed by atoms with van der Waals surface area (Å²) in [6.07, 6.45) is 2.27. The van der Waals surface area contributed by atoms with Gasteiger partial charge in [-0.1, -0.05) is 33.8 Å². The molecule has 180 valence electrons. The lowest BCUT2D eigenvalue weighted by molar-refractivity contribution is -0.192. The molecule has 4 rings (SSSR count). The molecule has 3 aliphatic rings. The van der Waals surface area contributed by atoms with Crippen molar-refractivity contribution >= 4 is 11.8 Å². The molecule has 0 saturated heterocycles. The minimum atomic E-state index is -1.11. The normalized spacial score (nSPS) is 45.0. The highest BCUT2D eigenvalue weighted by atomic mass is 16.5. The Labute approximate surface area is 193 Å². The minimum Gasteiger partial charge on any atom is -0.458 e. The smallest absolute Gasteiger partial charge is 0.344 e. The first-order chi connectivity index (χ1) is 15.4. The van der Waals surface area contributed by atoms with E-state index in [1.807, 2.05) is 20.8 Å². The molecule has 0 amide bonds. The van der Waals surface area contributed by atoms with Crippen LogP contribution in [0.4, 0.5) is 0 Å². The summed E-state index contributed by atoms with van der Waals surface area (Å²) in [7, 11) is 0. The topological polar surface area (TPSA) is 130 Å². The predicted molar refractivity (Wildman–Crippen MR) is 120 cm³/mol. The van der Waals surface area contributed by atoms with Crippen molar-refractivity contribution in [2.75, 3.05) is 0 Å². The zero-order valence-electron chi connectivity index (χ0n) is 19.7. The molecule has 1 aromatic rings. The molecular formula is C25H34N2O6. The third kappa shape index (κ3) is 3.25. The van der Waals surface area contributed by atoms with Crippen LogP contribution in [0.3, 0.4) is 0 Å². The summed E-state index contributed by atoms with van der Waals surface area (Å²) in [5.74, 6) is -1.87. The van der Waals surface area contributed by atoms with Crippen molar-refractivity contribution in [2.45, 2.75) is 71.7 Å². The van der Waals surface area contributed by atoms with E-state index in [1.54, 1.807) is 6.08 Å². The number of aliphatic hydroxyl groups is 2. The van der Waals surface area contributed by atoms with Gasteiger partial charge in [0.2, 0.25) is 0 Å². The number of esters is 1. The number of ketones is 1. The highest BCUT2D eigenvalue weighted by molar-refractivity contribution is 5.90. The third-order valence-electron chi connectivity index (χ3n) is 9.52. The fourth-order valence-corrected chi connectivity index (χ4v) is 7.18. The molecule has 3 saturated carbocycles. The van der Waals surface area contributed by atoms with Gasteiger partial charge in [0, 0.05) is 22.9 Å². The second-order valence-electron chi connectivity index (χ2n) is 10.9. The van der Waals surface area contributed by atoms with Gasteiger partial charge in [-0.2, -0.15) is 5.10 Å². The van der Waals surface area contributed by atoms with Crippen molar-refractivity contribution in [3.8, 4) is 0 Å². The van der Waals surface area contributed by atoms with Crippen LogP contribution in [0.2, 0.25) is 0 Å². The lowest BCUT2D eigenvalue weighted by atomic mass is 9.44. The van der Waals surface area contributed by atoms with E-state index in [0.29, 0.717) is 6.42 Å². The molecule has 9 atom stereocenters. The van der Waals surface area contributed by atoms with Gasteiger partial charge >= 0.3 is 5.97 Å². The van der Waals surface area contributed by atoms with Gasteiger partial charge in [-0.3, -0.25) is 9.59 Å². The number of aliphatic hydroxyl groups excluding tert-OH is 2. The molecular weight excluding hydrogens is 424 g/mol. The Balaban J connectivity index is 1.88. The van der Waals surface area contributed by atoms with Crippen LogP contribution < -0.4 is 5.56 Å². The van der Waals surface area contributed by atoms with Crippen molar-refractivity contribution in [1.82, 2.24) is 10.2 Å². The predicted octanol–water partition coefficient (Wildman–Crippen LogP) is 2.26. The van der Waals surface area contributed by atoms with Crippen LogP contribution in [0.15, 0.2) is 29.7 Å². The number of nitrogens with one attached hydrogen (secondary N) is 1. The van der Waals surface area contributed by atoms with E-state index in [-0.39, 0.29) is 36.0 Å². The molecule has 1 heterocycles. The molecule has 2 bridgehead atoms. The Kier molecular flexibility index (Phi) is 5.69. The highest BCUT2D eigenvalue weighted by Gasteiger charge is 2.70. The maximum Gasteiger partial charge on any atom is 0.344 e. The maximum atomic E-state index is 13.4. The summed E-state index contributed by atoms with van der Waals surface area (Å²) in [4.78, 5) is 38.8. The number of Topliss-reactive ketones (excluding diaryl/α,β-unsaturated/α-hetero) is 1. The zero-order chi connectivity index (χ0) is 24.3. The summed E-state index contributed by atoms with van der Waals surface area (Å²) in [6, 6.07) is 1.30. The standard InChI is InChI=1S/C25H34N2O6/c1-6-23(4)12-17(33-22(32)15-8-10-26-27-21(15)31)24(5)13(2)7-9-25(14(3)20(23)30)11-16(28)18(29)19(24)25/h6,8,10,13-14,16-17,19-20,28,30H,1,7,9,11-12H2,2-5H3,(H,27,31)/t13-,14+,16+,17-,19?,20+,23-,24+,25+/m1/s1. The van der Waals surface area contributed by atoms with Crippen LogP contribution >= 0.6 is 0 Å². The highest BCUT2D eigenvalue weighted by Crippen LogP contribution is 2.68. The number of H-pyrrole nitrogens is 1. The molecule has 1 unspecified atom stereocenters. The van der Waals surface area contributed by atoms with Crippen LogP contribution in [0.5, 0.6) is 0 Å². The number of rotatable bonds is 3. The first-order valence-electron chi connectivity index (χ1n) is 11.7. The molecule has 1 aromatic heterocycles. The number of hydrogen-bond donors (Lipinski definition) is 3. The SMILES string of the molecule is C=C[C@]1(C)C[C@@H](OC(=O)c2ccn[nH]c2=O)[C@@]2(C)C3C(=O)[C@@H](O)C[C@@]3(CC[C@H]2C)[C@@H](C)[C@@H]1O. The Morgan fingerprint density at radius 3 is 2.61 bits per heavy atom. The van der Waals surface area contributed by atoms with E-state index >= 15 is 0 Å². The van der Waals surface area contributed by atoms with Gasteiger partial charge in [-0.25, -0.2) is 9.89 Å². The molecule has 0 radical (unpaired) electrons. The van der Waals surface area contributed by atoms with Gasteiger partial charge in [0.25, 0.3) is 5.56 Å². The fourth-order valence-electron chi connectivity index (χ4n) is 7.18. The van der Waals surface area contributed by atoms with Crippen molar-refractivity contribution in [3.05, 3.63) is 40.8 Å². The van der Waals surface area contributed by atoms with E-state index in [4.69, 9.17) is 4.74 Å². The Bertz CT molecular complexity index is 1040. The second-order valence-corrected chi connectivity index (χ2v) is 10.9. The van der Waals surface area contributed by atoms with Crippen molar-refractivity contribution in [2.24, 2.45) is 34.0 Å². The molecule has 3 fully saturated rings. The fraction of sp³-hybridized carbons (Fsp3) is 0.680. The average Bonchev–Trinajstić information content (AvgIpc) is 3.06. The van der Waals surface area contributed by atoms with E-state index in [0.717, 1.165) is 6.42 Å². The van der Waals surface area contributed by atoms with Gasteiger partial charge < -0.3 is 14.9 Å². The van der Waals surface area contributed by atoms with Crippen LogP contribution in [-0.4, -0.2) is 50.5 Å². The van der Waals surface area contributed by atoms with Crippen LogP contribution in [-0.2, 0) is 9.53 Å². The molecule has 3 N–H and O–H groups in total. The minimum absolute atomic E-state index is 0.00917. The van der Waals surface area contributed by atoms with Crippen molar-refractivity contribution < 1.29 is 24.5 Å². The summed E-state index contributed by atoms with van der Waals surface area (Å²) in [6.45, 7) is 11.8.